The van der Waals surface area contributed by atoms with Gasteiger partial charge in [0.15, 0.2) is 5.13 Å². The molecule has 0 saturated heterocycles. The second-order valence-corrected chi connectivity index (χ2v) is 7.44. The van der Waals surface area contributed by atoms with E-state index in [9.17, 15) is 4.79 Å². The highest BCUT2D eigenvalue weighted by atomic mass is 32.1. The standard InChI is InChI=1S/C18H24N4O3S/c1-11(25-10-13-4-5-13)8-20-17(23)22-18-21-12(2)16(26-18)14-6-7-15(24-3)19-9-14/h6-7,9,11,13H,4-5,8,10H2,1-3H3,(H2,20,21,22,23)/t11-/m0/s1. The van der Waals surface area contributed by atoms with Crippen LogP contribution in [-0.4, -0.2) is 42.4 Å². The van der Waals surface area contributed by atoms with Crippen molar-refractivity contribution in [1.82, 2.24) is 15.3 Å². The molecule has 0 unspecified atom stereocenters. The molecule has 2 aromatic heterocycles. The number of hydrogen-bond donors (Lipinski definition) is 2. The van der Waals surface area contributed by atoms with Crippen LogP contribution in [0.3, 0.4) is 0 Å². The van der Waals surface area contributed by atoms with Gasteiger partial charge in [0.05, 0.1) is 23.8 Å². The Labute approximate surface area is 157 Å². The van der Waals surface area contributed by atoms with Gasteiger partial charge in [0.1, 0.15) is 0 Å². The summed E-state index contributed by atoms with van der Waals surface area (Å²) in [5.41, 5.74) is 1.79. The zero-order chi connectivity index (χ0) is 18.5. The first-order valence-electron chi connectivity index (χ1n) is 8.69. The van der Waals surface area contributed by atoms with Crippen molar-refractivity contribution >= 4 is 22.5 Å². The summed E-state index contributed by atoms with van der Waals surface area (Å²) in [4.78, 5) is 21.7. The minimum absolute atomic E-state index is 0.000292. The van der Waals surface area contributed by atoms with Gasteiger partial charge in [-0.15, -0.1) is 0 Å². The topological polar surface area (TPSA) is 85.4 Å². The largest absolute Gasteiger partial charge is 0.481 e. The zero-order valence-electron chi connectivity index (χ0n) is 15.2. The van der Waals surface area contributed by atoms with Crippen molar-refractivity contribution in [2.75, 3.05) is 25.6 Å². The van der Waals surface area contributed by atoms with Crippen LogP contribution in [0, 0.1) is 12.8 Å². The molecule has 1 atom stereocenters. The van der Waals surface area contributed by atoms with Crippen LogP contribution < -0.4 is 15.4 Å². The van der Waals surface area contributed by atoms with E-state index < -0.39 is 0 Å². The Kier molecular flexibility index (Phi) is 6.05. The van der Waals surface area contributed by atoms with Crippen molar-refractivity contribution in [3.8, 4) is 16.3 Å². The molecule has 3 rings (SSSR count). The molecule has 0 aromatic carbocycles. The van der Waals surface area contributed by atoms with Gasteiger partial charge in [-0.25, -0.2) is 14.8 Å². The fraction of sp³-hybridized carbons (Fsp3) is 0.500. The van der Waals surface area contributed by atoms with Crippen molar-refractivity contribution in [3.63, 3.8) is 0 Å². The highest BCUT2D eigenvalue weighted by Crippen LogP contribution is 2.32. The number of nitrogens with zero attached hydrogens (tertiary/aromatic N) is 2. The van der Waals surface area contributed by atoms with Gasteiger partial charge in [-0.05, 0) is 38.7 Å². The minimum atomic E-state index is -0.278. The number of anilines is 1. The number of carbonyl (C=O) groups is 1. The van der Waals surface area contributed by atoms with Crippen LogP contribution in [0.15, 0.2) is 18.3 Å². The molecule has 7 nitrogen and oxygen atoms in total. The summed E-state index contributed by atoms with van der Waals surface area (Å²) in [6.45, 7) is 5.13. The molecule has 2 N–H and O–H groups in total. The maximum atomic E-state index is 12.1. The Morgan fingerprint density at radius 3 is 2.88 bits per heavy atom. The predicted molar refractivity (Wildman–Crippen MR) is 102 cm³/mol. The quantitative estimate of drug-likeness (QED) is 0.737. The van der Waals surface area contributed by atoms with E-state index in [-0.39, 0.29) is 12.1 Å². The van der Waals surface area contributed by atoms with Gasteiger partial charge in [0.25, 0.3) is 0 Å². The van der Waals surface area contributed by atoms with Crippen molar-refractivity contribution in [2.24, 2.45) is 5.92 Å². The number of urea groups is 1. The monoisotopic (exact) mass is 376 g/mol. The van der Waals surface area contributed by atoms with Crippen molar-refractivity contribution in [2.45, 2.75) is 32.8 Å². The first-order chi connectivity index (χ1) is 12.5. The molecule has 2 aromatic rings. The number of pyridine rings is 1. The lowest BCUT2D eigenvalue weighted by molar-refractivity contribution is 0.0601. The summed E-state index contributed by atoms with van der Waals surface area (Å²) in [6, 6.07) is 3.45. The second kappa shape index (κ2) is 8.46. The predicted octanol–water partition coefficient (Wildman–Crippen LogP) is 3.46. The van der Waals surface area contributed by atoms with Gasteiger partial charge in [0.2, 0.25) is 5.88 Å². The van der Waals surface area contributed by atoms with Crippen LogP contribution >= 0.6 is 11.3 Å². The van der Waals surface area contributed by atoms with E-state index in [1.54, 1.807) is 19.4 Å². The second-order valence-electron chi connectivity index (χ2n) is 6.45. The Morgan fingerprint density at radius 1 is 1.42 bits per heavy atom. The normalized spacial score (nSPS) is 14.7. The van der Waals surface area contributed by atoms with Gasteiger partial charge < -0.3 is 14.8 Å². The molecule has 8 heteroatoms. The molecular formula is C18H24N4O3S. The fourth-order valence-electron chi connectivity index (χ4n) is 2.37. The molecule has 0 spiro atoms. The fourth-order valence-corrected chi connectivity index (χ4v) is 3.33. The number of hydrogen-bond acceptors (Lipinski definition) is 6. The molecule has 26 heavy (non-hydrogen) atoms. The molecular weight excluding hydrogens is 352 g/mol. The SMILES string of the molecule is COc1ccc(-c2sc(NC(=O)NC[C@H](C)OCC3CC3)nc2C)cn1. The molecule has 1 fully saturated rings. The third kappa shape index (κ3) is 5.15. The minimum Gasteiger partial charge on any atom is -0.481 e. The molecule has 1 aliphatic carbocycles. The van der Waals surface area contributed by atoms with Crippen LogP contribution in [0.1, 0.15) is 25.5 Å². The Morgan fingerprint density at radius 2 is 2.23 bits per heavy atom. The molecule has 2 amide bonds. The number of nitrogens with one attached hydrogen (secondary N) is 2. The van der Waals surface area contributed by atoms with Crippen LogP contribution in [0.5, 0.6) is 5.88 Å². The van der Waals surface area contributed by atoms with E-state index in [0.29, 0.717) is 17.6 Å². The Bertz CT molecular complexity index is 743. The van der Waals surface area contributed by atoms with E-state index in [0.717, 1.165) is 28.7 Å². The van der Waals surface area contributed by atoms with Gasteiger partial charge >= 0.3 is 6.03 Å². The molecule has 140 valence electrons. The summed E-state index contributed by atoms with van der Waals surface area (Å²) < 4.78 is 10.8. The van der Waals surface area contributed by atoms with Crippen molar-refractivity contribution < 1.29 is 14.3 Å². The van der Waals surface area contributed by atoms with E-state index >= 15 is 0 Å². The Hall–Kier alpha value is -2.19. The van der Waals surface area contributed by atoms with Crippen LogP contribution in [0.4, 0.5) is 9.93 Å². The van der Waals surface area contributed by atoms with Gasteiger partial charge in [-0.3, -0.25) is 5.32 Å². The average molecular weight is 376 g/mol. The van der Waals surface area contributed by atoms with Gasteiger partial charge in [0, 0.05) is 31.0 Å². The zero-order valence-corrected chi connectivity index (χ0v) is 16.1. The van der Waals surface area contributed by atoms with Crippen molar-refractivity contribution in [1.29, 1.82) is 0 Å². The third-order valence-corrected chi connectivity index (χ3v) is 5.21. The summed E-state index contributed by atoms with van der Waals surface area (Å²) in [5.74, 6) is 1.28. The number of aryl methyl sites for hydroxylation is 1. The summed E-state index contributed by atoms with van der Waals surface area (Å²) in [5, 5.41) is 6.16. The maximum absolute atomic E-state index is 12.1. The number of methoxy groups -OCH3 is 1. The summed E-state index contributed by atoms with van der Waals surface area (Å²) in [6.07, 6.45) is 4.26. The van der Waals surface area contributed by atoms with Crippen molar-refractivity contribution in [3.05, 3.63) is 24.0 Å². The summed E-state index contributed by atoms with van der Waals surface area (Å²) >= 11 is 1.42. The molecule has 0 aliphatic heterocycles. The lowest BCUT2D eigenvalue weighted by Gasteiger charge is -2.13. The highest BCUT2D eigenvalue weighted by Gasteiger charge is 2.22. The number of thiazole rings is 1. The lowest BCUT2D eigenvalue weighted by atomic mass is 10.2. The number of aromatic nitrogens is 2. The van der Waals surface area contributed by atoms with E-state index in [2.05, 4.69) is 20.6 Å². The van der Waals surface area contributed by atoms with E-state index in [1.165, 1.54) is 24.2 Å². The Balaban J connectivity index is 1.51. The maximum Gasteiger partial charge on any atom is 0.321 e. The number of amides is 2. The van der Waals surface area contributed by atoms with E-state index in [4.69, 9.17) is 9.47 Å². The average Bonchev–Trinajstić information content (AvgIpc) is 3.40. The number of carbonyl (C=O) groups excluding carboxylic acids is 1. The van der Waals surface area contributed by atoms with Crippen LogP contribution in [0.2, 0.25) is 0 Å². The molecule has 1 saturated carbocycles. The molecule has 0 bridgehead atoms. The van der Waals surface area contributed by atoms with Gasteiger partial charge in [-0.2, -0.15) is 0 Å². The summed E-state index contributed by atoms with van der Waals surface area (Å²) in [7, 11) is 1.58. The molecule has 1 aliphatic rings. The third-order valence-electron chi connectivity index (χ3n) is 4.09. The molecule has 0 radical (unpaired) electrons. The van der Waals surface area contributed by atoms with E-state index in [1.807, 2.05) is 19.9 Å². The van der Waals surface area contributed by atoms with Crippen LogP contribution in [-0.2, 0) is 4.74 Å². The lowest BCUT2D eigenvalue weighted by Crippen LogP contribution is -2.35. The van der Waals surface area contributed by atoms with Crippen LogP contribution in [0.25, 0.3) is 10.4 Å². The number of ether oxygens (including phenoxy) is 2. The smallest absolute Gasteiger partial charge is 0.321 e. The highest BCUT2D eigenvalue weighted by molar-refractivity contribution is 7.19. The number of rotatable bonds is 8. The van der Waals surface area contributed by atoms with Gasteiger partial charge in [-0.1, -0.05) is 11.3 Å². The first kappa shape index (κ1) is 18.6. The molecule has 2 heterocycles. The first-order valence-corrected chi connectivity index (χ1v) is 9.51.